The Labute approximate surface area is 163 Å². The number of carbonyl (C=O) groups excluding carboxylic acids is 1. The van der Waals surface area contributed by atoms with E-state index < -0.39 is 6.16 Å². The number of methoxy groups -OCH3 is 1. The lowest BCUT2D eigenvalue weighted by atomic mass is 10.0. The molecular formula is C21H26N2O5. The monoisotopic (exact) mass is 386 g/mol. The molecule has 0 fully saturated rings. The number of rotatable bonds is 8. The normalized spacial score (nSPS) is 12.4. The van der Waals surface area contributed by atoms with Crippen LogP contribution in [0.3, 0.4) is 0 Å². The van der Waals surface area contributed by atoms with E-state index in [4.69, 9.17) is 18.9 Å². The second kappa shape index (κ2) is 9.03. The summed E-state index contributed by atoms with van der Waals surface area (Å²) in [5.41, 5.74) is 3.55. The molecule has 1 aromatic carbocycles. The van der Waals surface area contributed by atoms with E-state index in [9.17, 15) is 4.79 Å². The van der Waals surface area contributed by atoms with Crippen molar-refractivity contribution in [1.29, 1.82) is 0 Å². The molecule has 0 amide bonds. The van der Waals surface area contributed by atoms with E-state index in [0.29, 0.717) is 12.2 Å². The molecule has 28 heavy (non-hydrogen) atoms. The maximum Gasteiger partial charge on any atom is 0.515 e. The topological polar surface area (TPSA) is 82.7 Å². The van der Waals surface area contributed by atoms with E-state index in [1.54, 1.807) is 20.2 Å². The van der Waals surface area contributed by atoms with E-state index in [1.807, 2.05) is 19.1 Å². The standard InChI is InChI=1S/C21H26N2O5/c1-5-10-27-13(3)14-8-7-9-16-18(14)19-15(12-25-4)20(22-11-17(19)23-16)28-21(24)26-6-2/h7-9,11,13,23H,5-6,10,12H2,1-4H3. The summed E-state index contributed by atoms with van der Waals surface area (Å²) in [6, 6.07) is 6.06. The Bertz CT molecular complexity index is 966. The van der Waals surface area contributed by atoms with Crippen molar-refractivity contribution in [2.45, 2.75) is 39.9 Å². The van der Waals surface area contributed by atoms with Crippen LogP contribution in [-0.2, 0) is 20.8 Å². The first-order chi connectivity index (χ1) is 13.6. The third-order valence-corrected chi connectivity index (χ3v) is 4.50. The average Bonchev–Trinajstić information content (AvgIpc) is 3.07. The molecule has 3 rings (SSSR count). The Morgan fingerprint density at radius 3 is 2.75 bits per heavy atom. The summed E-state index contributed by atoms with van der Waals surface area (Å²) in [6.07, 6.45) is 1.74. The van der Waals surface area contributed by atoms with Gasteiger partial charge in [0.1, 0.15) is 0 Å². The lowest BCUT2D eigenvalue weighted by molar-refractivity contribution is 0.0672. The van der Waals surface area contributed by atoms with E-state index in [2.05, 4.69) is 23.0 Å². The zero-order valence-electron chi connectivity index (χ0n) is 16.7. The number of nitrogens with zero attached hydrogens (tertiary/aromatic N) is 1. The molecule has 150 valence electrons. The third kappa shape index (κ3) is 3.95. The number of aromatic amines is 1. The molecule has 1 atom stereocenters. The first kappa shape index (κ1) is 20.1. The fraction of sp³-hybridized carbons (Fsp3) is 0.429. The lowest BCUT2D eigenvalue weighted by Crippen LogP contribution is -2.12. The number of H-pyrrole nitrogens is 1. The Morgan fingerprint density at radius 2 is 2.04 bits per heavy atom. The largest absolute Gasteiger partial charge is 0.515 e. The van der Waals surface area contributed by atoms with Gasteiger partial charge in [-0.25, -0.2) is 9.78 Å². The third-order valence-electron chi connectivity index (χ3n) is 4.50. The smallest absolute Gasteiger partial charge is 0.434 e. The number of hydrogen-bond donors (Lipinski definition) is 1. The van der Waals surface area contributed by atoms with Gasteiger partial charge in [0.25, 0.3) is 0 Å². The van der Waals surface area contributed by atoms with Crippen LogP contribution in [0.5, 0.6) is 5.88 Å². The van der Waals surface area contributed by atoms with Crippen molar-refractivity contribution in [3.8, 4) is 5.88 Å². The van der Waals surface area contributed by atoms with Crippen LogP contribution in [0, 0.1) is 0 Å². The summed E-state index contributed by atoms with van der Waals surface area (Å²) in [5, 5.41) is 1.93. The highest BCUT2D eigenvalue weighted by molar-refractivity contribution is 6.11. The number of hydrogen-bond acceptors (Lipinski definition) is 6. The van der Waals surface area contributed by atoms with Crippen LogP contribution in [0.25, 0.3) is 21.8 Å². The molecule has 0 saturated heterocycles. The number of fused-ring (bicyclic) bond motifs is 3. The van der Waals surface area contributed by atoms with Crippen molar-refractivity contribution in [3.63, 3.8) is 0 Å². The molecule has 0 bridgehead atoms. The molecule has 0 aliphatic rings. The highest BCUT2D eigenvalue weighted by atomic mass is 16.7. The number of nitrogens with one attached hydrogen (secondary N) is 1. The van der Waals surface area contributed by atoms with Gasteiger partial charge in [0.15, 0.2) is 0 Å². The maximum atomic E-state index is 11.8. The minimum Gasteiger partial charge on any atom is -0.434 e. The van der Waals surface area contributed by atoms with Gasteiger partial charge in [-0.2, -0.15) is 0 Å². The van der Waals surface area contributed by atoms with E-state index >= 15 is 0 Å². The summed E-state index contributed by atoms with van der Waals surface area (Å²) in [4.78, 5) is 19.5. The fourth-order valence-electron chi connectivity index (χ4n) is 3.33. The number of pyridine rings is 1. The minimum atomic E-state index is -0.786. The van der Waals surface area contributed by atoms with Gasteiger partial charge in [-0.3, -0.25) is 0 Å². The lowest BCUT2D eigenvalue weighted by Gasteiger charge is -2.15. The molecule has 2 heterocycles. The number of carbonyl (C=O) groups is 1. The van der Waals surface area contributed by atoms with Gasteiger partial charge in [0.05, 0.1) is 36.6 Å². The molecule has 1 unspecified atom stereocenters. The summed E-state index contributed by atoms with van der Waals surface area (Å²) >= 11 is 0. The summed E-state index contributed by atoms with van der Waals surface area (Å²) in [7, 11) is 1.59. The predicted molar refractivity (Wildman–Crippen MR) is 107 cm³/mol. The van der Waals surface area contributed by atoms with Gasteiger partial charge in [-0.15, -0.1) is 0 Å². The summed E-state index contributed by atoms with van der Waals surface area (Å²) < 4.78 is 21.6. The van der Waals surface area contributed by atoms with E-state index in [0.717, 1.165) is 33.8 Å². The van der Waals surface area contributed by atoms with Crippen molar-refractivity contribution in [2.24, 2.45) is 0 Å². The molecule has 0 aliphatic heterocycles. The average molecular weight is 386 g/mol. The molecule has 0 radical (unpaired) electrons. The van der Waals surface area contributed by atoms with Gasteiger partial charge in [0, 0.05) is 30.0 Å². The Balaban J connectivity index is 2.20. The Kier molecular flexibility index (Phi) is 6.49. The molecular weight excluding hydrogens is 360 g/mol. The molecule has 0 aliphatic carbocycles. The van der Waals surface area contributed by atoms with Crippen molar-refractivity contribution in [1.82, 2.24) is 9.97 Å². The Hall–Kier alpha value is -2.64. The molecule has 1 N–H and O–H groups in total. The second-order valence-electron chi connectivity index (χ2n) is 6.46. The van der Waals surface area contributed by atoms with Crippen molar-refractivity contribution >= 4 is 28.0 Å². The van der Waals surface area contributed by atoms with Gasteiger partial charge in [-0.05, 0) is 31.9 Å². The molecule has 2 aromatic heterocycles. The Morgan fingerprint density at radius 1 is 1.21 bits per heavy atom. The van der Waals surface area contributed by atoms with Crippen molar-refractivity contribution in [3.05, 3.63) is 35.5 Å². The maximum absolute atomic E-state index is 11.8. The molecule has 7 heteroatoms. The molecule has 0 saturated carbocycles. The number of ether oxygens (including phenoxy) is 4. The highest BCUT2D eigenvalue weighted by Gasteiger charge is 2.21. The second-order valence-corrected chi connectivity index (χ2v) is 6.46. The van der Waals surface area contributed by atoms with Crippen LogP contribution < -0.4 is 4.74 Å². The van der Waals surface area contributed by atoms with Gasteiger partial charge in [0.2, 0.25) is 5.88 Å². The van der Waals surface area contributed by atoms with Crippen LogP contribution in [0.15, 0.2) is 24.4 Å². The molecule has 0 spiro atoms. The predicted octanol–water partition coefficient (Wildman–Crippen LogP) is 4.89. The molecule has 7 nitrogen and oxygen atoms in total. The first-order valence-electron chi connectivity index (χ1n) is 9.47. The van der Waals surface area contributed by atoms with Crippen LogP contribution in [0.4, 0.5) is 4.79 Å². The SMILES string of the molecule is CCCOC(C)c1cccc2[nH]c3cnc(OC(=O)OCC)c(COC)c3c12. The van der Waals surface area contributed by atoms with Gasteiger partial charge >= 0.3 is 6.16 Å². The van der Waals surface area contributed by atoms with Crippen LogP contribution in [0.1, 0.15) is 44.4 Å². The van der Waals surface area contributed by atoms with E-state index in [-0.39, 0.29) is 25.2 Å². The van der Waals surface area contributed by atoms with Crippen LogP contribution >= 0.6 is 0 Å². The zero-order chi connectivity index (χ0) is 20.1. The summed E-state index contributed by atoms with van der Waals surface area (Å²) in [5.74, 6) is 0.186. The van der Waals surface area contributed by atoms with E-state index in [1.165, 1.54) is 0 Å². The van der Waals surface area contributed by atoms with Gasteiger partial charge < -0.3 is 23.9 Å². The first-order valence-corrected chi connectivity index (χ1v) is 9.47. The highest BCUT2D eigenvalue weighted by Crippen LogP contribution is 2.37. The number of benzene rings is 1. The minimum absolute atomic E-state index is 0.0827. The number of aromatic nitrogens is 2. The van der Waals surface area contributed by atoms with Gasteiger partial charge in [-0.1, -0.05) is 19.1 Å². The van der Waals surface area contributed by atoms with Crippen molar-refractivity contribution < 1.29 is 23.7 Å². The van der Waals surface area contributed by atoms with Crippen molar-refractivity contribution in [2.75, 3.05) is 20.3 Å². The summed E-state index contributed by atoms with van der Waals surface area (Å²) in [6.45, 7) is 6.99. The van der Waals surface area contributed by atoms with Crippen LogP contribution in [-0.4, -0.2) is 36.4 Å². The van der Waals surface area contributed by atoms with Crippen LogP contribution in [0.2, 0.25) is 0 Å². The quantitative estimate of drug-likeness (QED) is 0.555. The zero-order valence-corrected chi connectivity index (χ0v) is 16.7. The molecule has 3 aromatic rings. The fourth-order valence-corrected chi connectivity index (χ4v) is 3.33.